The highest BCUT2D eigenvalue weighted by atomic mass is 19.4. The number of aromatic amines is 1. The van der Waals surface area contributed by atoms with E-state index in [-0.39, 0.29) is 30.8 Å². The normalized spacial score (nSPS) is 16.5. The molecule has 0 fully saturated rings. The van der Waals surface area contributed by atoms with E-state index in [1.165, 1.54) is 18.3 Å². The number of hydrogen-bond donors (Lipinski definition) is 1. The third-order valence-corrected chi connectivity index (χ3v) is 5.42. The summed E-state index contributed by atoms with van der Waals surface area (Å²) in [5, 5.41) is 17.9. The van der Waals surface area contributed by atoms with Crippen LogP contribution in [0.2, 0.25) is 0 Å². The lowest BCUT2D eigenvalue weighted by Gasteiger charge is -2.22. The van der Waals surface area contributed by atoms with Crippen molar-refractivity contribution >= 4 is 5.82 Å². The second kappa shape index (κ2) is 9.57. The molecule has 4 aromatic rings. The van der Waals surface area contributed by atoms with E-state index in [0.717, 1.165) is 17.8 Å². The molecule has 5 rings (SSSR count). The zero-order chi connectivity index (χ0) is 26.9. The van der Waals surface area contributed by atoms with Gasteiger partial charge in [-0.2, -0.15) is 0 Å². The first-order chi connectivity index (χ1) is 18.1. The number of hydrogen-bond acceptors (Lipinski definition) is 8. The summed E-state index contributed by atoms with van der Waals surface area (Å²) in [6.45, 7) is 2.42. The molecule has 0 saturated heterocycles. The zero-order valence-electron chi connectivity index (χ0n) is 19.7. The van der Waals surface area contributed by atoms with Crippen molar-refractivity contribution in [2.75, 3.05) is 6.61 Å². The van der Waals surface area contributed by atoms with Crippen LogP contribution in [0.5, 0.6) is 23.3 Å². The number of alkyl halides is 3. The number of halogens is 3. The van der Waals surface area contributed by atoms with E-state index in [1.807, 2.05) is 13.0 Å². The fraction of sp³-hybridized carbons (Fsp3) is 0.261. The fourth-order valence-corrected chi connectivity index (χ4v) is 3.74. The van der Waals surface area contributed by atoms with E-state index in [2.05, 4.69) is 20.0 Å². The third-order valence-electron chi connectivity index (χ3n) is 5.42. The van der Waals surface area contributed by atoms with Crippen LogP contribution in [-0.4, -0.2) is 43.4 Å². The van der Waals surface area contributed by atoms with Gasteiger partial charge < -0.3 is 29.1 Å². The second-order valence-corrected chi connectivity index (χ2v) is 8.61. The van der Waals surface area contributed by atoms with Gasteiger partial charge in [-0.15, -0.1) is 17.9 Å². The summed E-state index contributed by atoms with van der Waals surface area (Å²) in [7, 11) is 0. The molecule has 0 radical (unpaired) electrons. The molecule has 15 heteroatoms. The SMILES string of the molecule is C[C@]1(COc2cccc(-[n+]3cc(COc4ccc(OC(F)(F)F)cc4)n[nH]3)c2)Cn2cc([N+](=O)[O-])nc2O1. The summed E-state index contributed by atoms with van der Waals surface area (Å²) in [5.74, 6) is 0.297. The van der Waals surface area contributed by atoms with Crippen molar-refractivity contribution in [3.05, 3.63) is 76.7 Å². The number of aromatic nitrogens is 5. The van der Waals surface area contributed by atoms with Crippen LogP contribution in [-0.2, 0) is 13.2 Å². The molecule has 2 aromatic heterocycles. The highest BCUT2D eigenvalue weighted by Gasteiger charge is 2.41. The molecular weight excluding hydrogens is 513 g/mol. The molecule has 0 aliphatic carbocycles. The fourth-order valence-electron chi connectivity index (χ4n) is 3.74. The van der Waals surface area contributed by atoms with Crippen molar-refractivity contribution in [2.24, 2.45) is 0 Å². The van der Waals surface area contributed by atoms with Crippen LogP contribution >= 0.6 is 0 Å². The standard InChI is InChI=1S/C23H19F3N6O6/c1-22(13-30-11-20(32(33)34)27-21(30)38-22)14-36-19-4-2-3-16(9-19)31-10-15(28-29-31)12-35-17-5-7-18(8-6-17)37-23(24,25)26/h2-11H,12-14H2,1H3/p+1/t22-/m1/s1. The topological polar surface area (TPSA) is 130 Å². The maximum Gasteiger partial charge on any atom is 0.573 e. The molecule has 0 spiro atoms. The number of rotatable bonds is 9. The van der Waals surface area contributed by atoms with Gasteiger partial charge in [-0.3, -0.25) is 4.57 Å². The third kappa shape index (κ3) is 5.77. The Balaban J connectivity index is 1.16. The van der Waals surface area contributed by atoms with E-state index >= 15 is 0 Å². The first-order valence-corrected chi connectivity index (χ1v) is 11.1. The number of nitrogens with zero attached hydrogens (tertiary/aromatic N) is 5. The first kappa shape index (κ1) is 24.9. The van der Waals surface area contributed by atoms with Gasteiger partial charge in [0.25, 0.3) is 5.69 Å². The van der Waals surface area contributed by atoms with Crippen LogP contribution in [0.15, 0.2) is 60.9 Å². The summed E-state index contributed by atoms with van der Waals surface area (Å²) in [6, 6.07) is 12.4. The number of nitrogens with one attached hydrogen (secondary N) is 1. The smallest absolute Gasteiger partial charge is 0.489 e. The summed E-state index contributed by atoms with van der Waals surface area (Å²) in [6.07, 6.45) is -1.73. The largest absolute Gasteiger partial charge is 0.573 e. The van der Waals surface area contributed by atoms with Gasteiger partial charge in [-0.1, -0.05) is 11.3 Å². The number of nitro groups is 1. The van der Waals surface area contributed by atoms with Crippen LogP contribution in [0.25, 0.3) is 5.69 Å². The highest BCUT2D eigenvalue weighted by Crippen LogP contribution is 2.31. The van der Waals surface area contributed by atoms with Gasteiger partial charge in [0.1, 0.15) is 30.1 Å². The van der Waals surface area contributed by atoms with Crippen LogP contribution in [0, 0.1) is 10.1 Å². The average molecular weight is 533 g/mol. The molecule has 0 unspecified atom stereocenters. The van der Waals surface area contributed by atoms with Gasteiger partial charge in [0.15, 0.2) is 24.1 Å². The predicted octanol–water partition coefficient (Wildman–Crippen LogP) is 3.50. The van der Waals surface area contributed by atoms with E-state index in [0.29, 0.717) is 23.7 Å². The molecule has 1 atom stereocenters. The molecule has 1 aliphatic rings. The number of ether oxygens (including phenoxy) is 4. The monoisotopic (exact) mass is 533 g/mol. The molecule has 198 valence electrons. The van der Waals surface area contributed by atoms with Crippen molar-refractivity contribution in [3.63, 3.8) is 0 Å². The Kier molecular flexibility index (Phi) is 6.26. The number of H-pyrrole nitrogens is 1. The first-order valence-electron chi connectivity index (χ1n) is 11.1. The van der Waals surface area contributed by atoms with E-state index in [4.69, 9.17) is 14.2 Å². The maximum absolute atomic E-state index is 12.3. The Labute approximate surface area is 212 Å². The molecule has 38 heavy (non-hydrogen) atoms. The minimum Gasteiger partial charge on any atom is -0.489 e. The Morgan fingerprint density at radius 3 is 2.66 bits per heavy atom. The lowest BCUT2D eigenvalue weighted by molar-refractivity contribution is -0.659. The van der Waals surface area contributed by atoms with Gasteiger partial charge in [0.05, 0.1) is 6.54 Å². The van der Waals surface area contributed by atoms with Crippen LogP contribution in [0.1, 0.15) is 12.6 Å². The van der Waals surface area contributed by atoms with Gasteiger partial charge in [0.2, 0.25) is 0 Å². The van der Waals surface area contributed by atoms with Gasteiger partial charge >= 0.3 is 18.2 Å². The van der Waals surface area contributed by atoms with Crippen LogP contribution in [0.4, 0.5) is 19.0 Å². The summed E-state index contributed by atoms with van der Waals surface area (Å²) < 4.78 is 61.2. The van der Waals surface area contributed by atoms with Gasteiger partial charge in [-0.05, 0) is 48.2 Å². The number of imidazole rings is 1. The van der Waals surface area contributed by atoms with Crippen LogP contribution < -0.4 is 23.6 Å². The van der Waals surface area contributed by atoms with Gasteiger partial charge in [-0.25, -0.2) is 0 Å². The van der Waals surface area contributed by atoms with Gasteiger partial charge in [0, 0.05) is 16.1 Å². The molecule has 12 nitrogen and oxygen atoms in total. The molecule has 0 bridgehead atoms. The van der Waals surface area contributed by atoms with Crippen molar-refractivity contribution in [1.82, 2.24) is 19.9 Å². The lowest BCUT2D eigenvalue weighted by Crippen LogP contribution is -2.38. The molecular formula is C23H20F3N6O6+. The number of benzene rings is 2. The van der Waals surface area contributed by atoms with Crippen molar-refractivity contribution in [2.45, 2.75) is 32.0 Å². The van der Waals surface area contributed by atoms with Crippen LogP contribution in [0.3, 0.4) is 0 Å². The number of fused-ring (bicyclic) bond motifs is 1. The molecule has 3 heterocycles. The Morgan fingerprint density at radius 2 is 1.95 bits per heavy atom. The molecule has 0 saturated carbocycles. The van der Waals surface area contributed by atoms with E-state index in [1.54, 1.807) is 33.6 Å². The maximum atomic E-state index is 12.3. The predicted molar refractivity (Wildman–Crippen MR) is 121 cm³/mol. The van der Waals surface area contributed by atoms with E-state index < -0.39 is 16.9 Å². The minimum absolute atomic E-state index is 0.0713. The lowest BCUT2D eigenvalue weighted by atomic mass is 10.1. The summed E-state index contributed by atoms with van der Waals surface area (Å²) in [4.78, 5) is 14.2. The second-order valence-electron chi connectivity index (χ2n) is 8.61. The minimum atomic E-state index is -4.76. The Bertz CT molecular complexity index is 1430. The Hall–Kier alpha value is -4.82. The van der Waals surface area contributed by atoms with Crippen molar-refractivity contribution in [3.8, 4) is 28.9 Å². The van der Waals surface area contributed by atoms with E-state index in [9.17, 15) is 23.3 Å². The highest BCUT2D eigenvalue weighted by molar-refractivity contribution is 5.33. The van der Waals surface area contributed by atoms with Crippen molar-refractivity contribution in [1.29, 1.82) is 0 Å². The average Bonchev–Trinajstić information content (AvgIpc) is 3.56. The summed E-state index contributed by atoms with van der Waals surface area (Å²) >= 11 is 0. The molecule has 2 aromatic carbocycles. The molecule has 1 N–H and O–H groups in total. The summed E-state index contributed by atoms with van der Waals surface area (Å²) in [5.41, 5.74) is 0.508. The quantitative estimate of drug-likeness (QED) is 0.197. The Morgan fingerprint density at radius 1 is 1.18 bits per heavy atom. The van der Waals surface area contributed by atoms with Crippen molar-refractivity contribution < 1.29 is 41.7 Å². The molecule has 1 aliphatic heterocycles. The zero-order valence-corrected chi connectivity index (χ0v) is 19.7. The molecule has 0 amide bonds.